The average molecular weight is 374 g/mol. The van der Waals surface area contributed by atoms with Crippen molar-refractivity contribution in [1.29, 1.82) is 0 Å². The van der Waals surface area contributed by atoms with Gasteiger partial charge in [0.1, 0.15) is 0 Å². The minimum absolute atomic E-state index is 0.125. The summed E-state index contributed by atoms with van der Waals surface area (Å²) < 4.78 is 0. The number of amides is 1. The quantitative estimate of drug-likeness (QED) is 0.892. The summed E-state index contributed by atoms with van der Waals surface area (Å²) in [7, 11) is 2.12. The van der Waals surface area contributed by atoms with Crippen LogP contribution in [0.15, 0.2) is 24.3 Å². The smallest absolute Gasteiger partial charge is 0.228 e. The number of halogens is 1. The van der Waals surface area contributed by atoms with E-state index in [1.165, 1.54) is 0 Å². The van der Waals surface area contributed by atoms with Gasteiger partial charge in [0.15, 0.2) is 0 Å². The molecule has 1 aromatic carbocycles. The molecule has 2 heterocycles. The third-order valence-electron chi connectivity index (χ3n) is 4.62. The number of piperazine rings is 1. The number of nitrogens with one attached hydrogen (secondary N) is 1. The topological polar surface area (TPSA) is 61.4 Å². The Morgan fingerprint density at radius 1 is 1.12 bits per heavy atom. The molecule has 0 spiro atoms. The van der Waals surface area contributed by atoms with E-state index in [-0.39, 0.29) is 12.3 Å². The molecule has 0 saturated carbocycles. The molecule has 26 heavy (non-hydrogen) atoms. The van der Waals surface area contributed by atoms with E-state index in [1.807, 2.05) is 32.0 Å². The van der Waals surface area contributed by atoms with Crippen molar-refractivity contribution in [3.63, 3.8) is 0 Å². The van der Waals surface area contributed by atoms with Gasteiger partial charge < -0.3 is 15.1 Å². The van der Waals surface area contributed by atoms with Crippen LogP contribution in [0.1, 0.15) is 17.0 Å². The van der Waals surface area contributed by atoms with E-state index >= 15 is 0 Å². The lowest BCUT2D eigenvalue weighted by molar-refractivity contribution is -0.115. The standard InChI is InChI=1S/C19H24ClN5O/c1-13-18(23-17(26)12-15-6-4-5-7-16(15)20)14(2)22-19(21-13)25-10-8-24(3)9-11-25/h4-7H,8-12H2,1-3H3,(H,23,26). The van der Waals surface area contributed by atoms with Crippen LogP contribution in [0.3, 0.4) is 0 Å². The van der Waals surface area contributed by atoms with Crippen LogP contribution in [-0.4, -0.2) is 54.0 Å². The third-order valence-corrected chi connectivity index (χ3v) is 4.99. The Bertz CT molecular complexity index is 779. The number of rotatable bonds is 4. The van der Waals surface area contributed by atoms with Crippen LogP contribution in [-0.2, 0) is 11.2 Å². The van der Waals surface area contributed by atoms with Crippen LogP contribution in [0.2, 0.25) is 5.02 Å². The van der Waals surface area contributed by atoms with E-state index in [0.717, 1.165) is 49.1 Å². The van der Waals surface area contributed by atoms with Crippen LogP contribution < -0.4 is 10.2 Å². The molecule has 0 bridgehead atoms. The highest BCUT2D eigenvalue weighted by Gasteiger charge is 2.19. The number of anilines is 2. The summed E-state index contributed by atoms with van der Waals surface area (Å²) in [5.74, 6) is 0.609. The van der Waals surface area contributed by atoms with Gasteiger partial charge in [0.25, 0.3) is 0 Å². The molecule has 3 rings (SSSR count). The van der Waals surface area contributed by atoms with Gasteiger partial charge in [-0.2, -0.15) is 0 Å². The minimum atomic E-state index is -0.125. The number of aryl methyl sites for hydroxylation is 2. The fraction of sp³-hybridized carbons (Fsp3) is 0.421. The first kappa shape index (κ1) is 18.6. The van der Waals surface area contributed by atoms with Crippen molar-refractivity contribution in [1.82, 2.24) is 14.9 Å². The van der Waals surface area contributed by atoms with E-state index in [9.17, 15) is 4.79 Å². The molecule has 1 fully saturated rings. The number of likely N-dealkylation sites (N-methyl/N-ethyl adjacent to an activating group) is 1. The highest BCUT2D eigenvalue weighted by Crippen LogP contribution is 2.22. The number of carbonyl (C=O) groups is 1. The molecule has 0 aliphatic carbocycles. The van der Waals surface area contributed by atoms with Gasteiger partial charge in [0.2, 0.25) is 11.9 Å². The zero-order valence-corrected chi connectivity index (χ0v) is 16.2. The predicted octanol–water partition coefficient (Wildman–Crippen LogP) is 2.68. The Balaban J connectivity index is 1.72. The van der Waals surface area contributed by atoms with Crippen molar-refractivity contribution >= 4 is 29.1 Å². The molecule has 2 aromatic rings. The number of aromatic nitrogens is 2. The van der Waals surface area contributed by atoms with Crippen LogP contribution in [0.25, 0.3) is 0 Å². The Kier molecular flexibility index (Phi) is 5.74. The fourth-order valence-corrected chi connectivity index (χ4v) is 3.23. The first-order valence-corrected chi connectivity index (χ1v) is 9.14. The van der Waals surface area contributed by atoms with E-state index in [0.29, 0.717) is 10.7 Å². The Morgan fingerprint density at radius 3 is 2.35 bits per heavy atom. The van der Waals surface area contributed by atoms with Crippen LogP contribution in [0.5, 0.6) is 0 Å². The number of carbonyl (C=O) groups excluding carboxylic acids is 1. The normalized spacial score (nSPS) is 15.2. The van der Waals surface area contributed by atoms with Gasteiger partial charge in [0, 0.05) is 31.2 Å². The summed E-state index contributed by atoms with van der Waals surface area (Å²) >= 11 is 6.14. The summed E-state index contributed by atoms with van der Waals surface area (Å²) in [6.07, 6.45) is 0.221. The molecule has 0 unspecified atom stereocenters. The summed E-state index contributed by atoms with van der Waals surface area (Å²) in [6.45, 7) is 7.62. The zero-order chi connectivity index (χ0) is 18.7. The summed E-state index contributed by atoms with van der Waals surface area (Å²) in [4.78, 5) is 26.1. The number of nitrogens with zero attached hydrogens (tertiary/aromatic N) is 4. The molecule has 0 radical (unpaired) electrons. The highest BCUT2D eigenvalue weighted by atomic mass is 35.5. The van der Waals surface area contributed by atoms with Crippen LogP contribution in [0, 0.1) is 13.8 Å². The maximum absolute atomic E-state index is 12.4. The third kappa shape index (κ3) is 4.31. The second kappa shape index (κ2) is 8.01. The van der Waals surface area contributed by atoms with Gasteiger partial charge >= 0.3 is 0 Å². The average Bonchev–Trinajstić information content (AvgIpc) is 2.60. The molecule has 1 saturated heterocycles. The van der Waals surface area contributed by atoms with Crippen molar-refractivity contribution in [2.75, 3.05) is 43.4 Å². The molecule has 1 aliphatic heterocycles. The van der Waals surface area contributed by atoms with Crippen LogP contribution >= 0.6 is 11.6 Å². The van der Waals surface area contributed by atoms with Gasteiger partial charge in [-0.05, 0) is 32.5 Å². The van der Waals surface area contributed by atoms with Gasteiger partial charge in [-0.25, -0.2) is 9.97 Å². The second-order valence-electron chi connectivity index (χ2n) is 6.68. The first-order valence-electron chi connectivity index (χ1n) is 8.76. The van der Waals surface area contributed by atoms with Crippen molar-refractivity contribution < 1.29 is 4.79 Å². The van der Waals surface area contributed by atoms with Crippen molar-refractivity contribution in [3.05, 3.63) is 46.2 Å². The molecule has 1 amide bonds. The number of hydrogen-bond acceptors (Lipinski definition) is 5. The molecular formula is C19H24ClN5O. The van der Waals surface area contributed by atoms with Crippen molar-refractivity contribution in [2.45, 2.75) is 20.3 Å². The van der Waals surface area contributed by atoms with Gasteiger partial charge in [-0.3, -0.25) is 4.79 Å². The maximum Gasteiger partial charge on any atom is 0.228 e. The van der Waals surface area contributed by atoms with Crippen molar-refractivity contribution in [3.8, 4) is 0 Å². The lowest BCUT2D eigenvalue weighted by Gasteiger charge is -2.32. The molecular weight excluding hydrogens is 350 g/mol. The zero-order valence-electron chi connectivity index (χ0n) is 15.4. The van der Waals surface area contributed by atoms with Crippen LogP contribution in [0.4, 0.5) is 11.6 Å². The molecule has 7 heteroatoms. The molecule has 138 valence electrons. The van der Waals surface area contributed by atoms with Crippen molar-refractivity contribution in [2.24, 2.45) is 0 Å². The summed E-state index contributed by atoms with van der Waals surface area (Å²) in [5, 5.41) is 3.54. The first-order chi connectivity index (χ1) is 12.4. The summed E-state index contributed by atoms with van der Waals surface area (Å²) in [6, 6.07) is 7.37. The summed E-state index contributed by atoms with van der Waals surface area (Å²) in [5.41, 5.74) is 3.04. The number of hydrogen-bond donors (Lipinski definition) is 1. The SMILES string of the molecule is Cc1nc(N2CCN(C)CC2)nc(C)c1NC(=O)Cc1ccccc1Cl. The lowest BCUT2D eigenvalue weighted by Crippen LogP contribution is -2.45. The molecule has 6 nitrogen and oxygen atoms in total. The van der Waals surface area contributed by atoms with E-state index in [2.05, 4.69) is 32.1 Å². The predicted molar refractivity (Wildman–Crippen MR) is 105 cm³/mol. The Hall–Kier alpha value is -2.18. The maximum atomic E-state index is 12.4. The molecule has 1 N–H and O–H groups in total. The van der Waals surface area contributed by atoms with E-state index in [1.54, 1.807) is 6.07 Å². The Labute approximate surface area is 159 Å². The van der Waals surface area contributed by atoms with E-state index < -0.39 is 0 Å². The molecule has 1 aliphatic rings. The monoisotopic (exact) mass is 373 g/mol. The minimum Gasteiger partial charge on any atom is -0.338 e. The number of benzene rings is 1. The lowest BCUT2D eigenvalue weighted by atomic mass is 10.1. The van der Waals surface area contributed by atoms with Gasteiger partial charge in [-0.15, -0.1) is 0 Å². The molecule has 0 atom stereocenters. The van der Waals surface area contributed by atoms with Gasteiger partial charge in [-0.1, -0.05) is 29.8 Å². The fourth-order valence-electron chi connectivity index (χ4n) is 3.03. The Morgan fingerprint density at radius 2 is 1.73 bits per heavy atom. The molecule has 1 aromatic heterocycles. The van der Waals surface area contributed by atoms with E-state index in [4.69, 9.17) is 11.6 Å². The second-order valence-corrected chi connectivity index (χ2v) is 7.08. The van der Waals surface area contributed by atoms with Gasteiger partial charge in [0.05, 0.1) is 23.5 Å². The largest absolute Gasteiger partial charge is 0.338 e. The highest BCUT2D eigenvalue weighted by molar-refractivity contribution is 6.31.